The molecule has 1 unspecified atom stereocenters. The lowest BCUT2D eigenvalue weighted by atomic mass is 10.1. The number of nitrogens with one attached hydrogen (secondary N) is 2. The molecule has 1 heterocycles. The van der Waals surface area contributed by atoms with Crippen molar-refractivity contribution >= 4 is 36.9 Å². The quantitative estimate of drug-likeness (QED) is 0.127. The summed E-state index contributed by atoms with van der Waals surface area (Å²) in [7, 11) is -3.32. The number of amides is 4. The molecule has 1 aliphatic rings. The summed E-state index contributed by atoms with van der Waals surface area (Å²) in [5.74, 6) is -2.90. The van der Waals surface area contributed by atoms with Gasteiger partial charge in [-0.2, -0.15) is 0 Å². The van der Waals surface area contributed by atoms with E-state index in [1.165, 1.54) is 13.6 Å². The van der Waals surface area contributed by atoms with Gasteiger partial charge in [0.15, 0.2) is 0 Å². The van der Waals surface area contributed by atoms with Gasteiger partial charge in [0.2, 0.25) is 11.8 Å². The van der Waals surface area contributed by atoms with Crippen LogP contribution in [-0.4, -0.2) is 66.0 Å². The molecule has 4 amide bonds. The van der Waals surface area contributed by atoms with Gasteiger partial charge in [-0.3, -0.25) is 34.0 Å². The maximum atomic E-state index is 13.2. The lowest BCUT2D eigenvalue weighted by Crippen LogP contribution is -2.50. The number of primary amides is 1. The van der Waals surface area contributed by atoms with Crippen molar-refractivity contribution in [1.29, 1.82) is 0 Å². The van der Waals surface area contributed by atoms with Crippen LogP contribution < -0.4 is 16.1 Å². The minimum atomic E-state index is -3.32. The summed E-state index contributed by atoms with van der Waals surface area (Å²) < 4.78 is 26.8. The number of hydrogen-bond acceptors (Lipinski definition) is 7. The molecular weight excluding hydrogens is 535 g/mol. The van der Waals surface area contributed by atoms with E-state index in [0.717, 1.165) is 15.5 Å². The van der Waals surface area contributed by atoms with Crippen LogP contribution in [0.3, 0.4) is 0 Å². The molecule has 2 aromatic rings. The van der Waals surface area contributed by atoms with Crippen LogP contribution in [0.5, 0.6) is 0 Å². The smallest absolute Gasteiger partial charge is 0.306 e. The predicted molar refractivity (Wildman–Crippen MR) is 149 cm³/mol. The first-order chi connectivity index (χ1) is 19.4. The molecule has 2 aromatic carbocycles. The summed E-state index contributed by atoms with van der Waals surface area (Å²) >= 11 is 0. The van der Waals surface area contributed by atoms with Crippen molar-refractivity contribution in [3.8, 4) is 0 Å². The molecule has 0 bridgehead atoms. The molecule has 0 saturated carbocycles. The van der Waals surface area contributed by atoms with Crippen molar-refractivity contribution < 1.29 is 34.7 Å². The van der Waals surface area contributed by atoms with Gasteiger partial charge in [0.05, 0.1) is 17.2 Å². The van der Waals surface area contributed by atoms with Crippen LogP contribution in [-0.2, 0) is 30.3 Å². The number of benzene rings is 2. The Balaban J connectivity index is 1.44. The number of ether oxygens (including phenoxy) is 1. The zero-order valence-corrected chi connectivity index (χ0v) is 23.5. The van der Waals surface area contributed by atoms with Crippen molar-refractivity contribution in [3.63, 3.8) is 0 Å². The third kappa shape index (κ3) is 8.59. The fraction of sp³-hybridized carbons (Fsp3) is 0.393. The molecule has 0 spiro atoms. The number of unbranched alkanes of at least 4 members (excludes halogenated alkanes) is 1. The van der Waals surface area contributed by atoms with E-state index in [4.69, 9.17) is 11.9 Å². The third-order valence-corrected chi connectivity index (χ3v) is 8.40. The Hall–Kier alpha value is -3.82. The van der Waals surface area contributed by atoms with E-state index in [0.29, 0.717) is 24.0 Å². The van der Waals surface area contributed by atoms with Crippen LogP contribution in [0.2, 0.25) is 1.41 Å². The highest BCUT2D eigenvalue weighted by atomic mass is 31.2. The van der Waals surface area contributed by atoms with E-state index in [-0.39, 0.29) is 44.0 Å². The first kappa shape index (κ1) is 29.2. The number of esters is 1. The van der Waals surface area contributed by atoms with Gasteiger partial charge in [0, 0.05) is 25.8 Å². The average molecular weight is 572 g/mol. The van der Waals surface area contributed by atoms with Gasteiger partial charge < -0.3 is 20.4 Å². The molecule has 214 valence electrons. The number of imide groups is 1. The number of nitrogens with zero attached hydrogens (tertiary/aromatic N) is 1. The van der Waals surface area contributed by atoms with Crippen molar-refractivity contribution in [2.45, 2.75) is 51.3 Å². The van der Waals surface area contributed by atoms with E-state index in [1.807, 2.05) is 18.2 Å². The van der Waals surface area contributed by atoms with Crippen LogP contribution in [0.1, 0.15) is 58.9 Å². The Labute approximate surface area is 234 Å². The van der Waals surface area contributed by atoms with Gasteiger partial charge in [-0.1, -0.05) is 42.5 Å². The van der Waals surface area contributed by atoms with E-state index in [1.54, 1.807) is 36.4 Å². The number of carbonyl (C=O) groups excluding carboxylic acids is 5. The Bertz CT molecular complexity index is 1300. The molecule has 0 fully saturated rings. The van der Waals surface area contributed by atoms with Crippen LogP contribution >= 0.6 is 7.29 Å². The Morgan fingerprint density at radius 3 is 2.23 bits per heavy atom. The topological polar surface area (TPSA) is 165 Å². The molecule has 0 aliphatic carbocycles. The summed E-state index contributed by atoms with van der Waals surface area (Å²) in [5, 5.41) is 3.15. The van der Waals surface area contributed by atoms with E-state index >= 15 is 0 Å². The minimum absolute atomic E-state index is 0.0716. The van der Waals surface area contributed by atoms with Gasteiger partial charge in [0.25, 0.3) is 11.8 Å². The Morgan fingerprint density at radius 1 is 1.02 bits per heavy atom. The average Bonchev–Trinajstić information content (AvgIpc) is 3.20. The second-order valence-corrected chi connectivity index (χ2v) is 12.5. The molecule has 0 radical (unpaired) electrons. The van der Waals surface area contributed by atoms with E-state index in [9.17, 15) is 28.5 Å². The number of fused-ring (bicyclic) bond motifs is 1. The van der Waals surface area contributed by atoms with E-state index in [2.05, 4.69) is 5.32 Å². The molecule has 0 aromatic heterocycles. The largest absolute Gasteiger partial charge is 0.461 e. The standard InChI is InChI=1S/C28H35N4O7P/c1-19(26(35)30-23(25(29)34)14-15-24(33)39-18-20-10-4-3-5-11-20)31-40(2,38)17-9-8-16-32-27(36)21-12-6-7-13-22(21)28(32)37/h3-7,10-13,19,23H,8-9,14-18H2,1-2H3,(H2,29,34)(H,30,35)(H,31,38)/t19-,23-,40?/m0/s1/i/hD. The number of carbonyl (C=O) groups is 5. The number of nitrogens with two attached hydrogens (primary N) is 1. The van der Waals surface area contributed by atoms with Gasteiger partial charge in [-0.25, -0.2) is 0 Å². The zero-order valence-electron chi connectivity index (χ0n) is 23.6. The highest BCUT2D eigenvalue weighted by Crippen LogP contribution is 2.38. The first-order valence-electron chi connectivity index (χ1n) is 13.5. The molecule has 4 N–H and O–H groups in total. The lowest BCUT2D eigenvalue weighted by Gasteiger charge is -2.23. The normalized spacial score (nSPS) is 16.1. The molecule has 12 heteroatoms. The fourth-order valence-electron chi connectivity index (χ4n) is 4.24. The fourth-order valence-corrected chi connectivity index (χ4v) is 6.01. The second-order valence-electron chi connectivity index (χ2n) is 9.73. The third-order valence-electron chi connectivity index (χ3n) is 6.42. The zero-order chi connectivity index (χ0) is 30.2. The van der Waals surface area contributed by atoms with E-state index < -0.39 is 37.2 Å². The van der Waals surface area contributed by atoms with Gasteiger partial charge in [-0.15, -0.1) is 0 Å². The van der Waals surface area contributed by atoms with Gasteiger partial charge in [0.1, 0.15) is 21.4 Å². The van der Waals surface area contributed by atoms with Crippen LogP contribution in [0, 0.1) is 0 Å². The Kier molecular flexibility index (Phi) is 10.2. The van der Waals surface area contributed by atoms with Crippen LogP contribution in [0.25, 0.3) is 0 Å². The molecule has 11 nitrogen and oxygen atoms in total. The number of rotatable bonds is 15. The molecule has 40 heavy (non-hydrogen) atoms. The van der Waals surface area contributed by atoms with Crippen molar-refractivity contribution in [1.82, 2.24) is 15.3 Å². The number of hydrogen-bond donors (Lipinski definition) is 3. The highest BCUT2D eigenvalue weighted by Gasteiger charge is 2.34. The van der Waals surface area contributed by atoms with Crippen molar-refractivity contribution in [3.05, 3.63) is 71.3 Å². The maximum absolute atomic E-state index is 13.2. The molecule has 3 atom stereocenters. The van der Waals surface area contributed by atoms with Crippen molar-refractivity contribution in [2.24, 2.45) is 5.73 Å². The maximum Gasteiger partial charge on any atom is 0.306 e. The predicted octanol–water partition coefficient (Wildman–Crippen LogP) is 2.44. The van der Waals surface area contributed by atoms with Gasteiger partial charge in [-0.05, 0) is 43.9 Å². The van der Waals surface area contributed by atoms with Crippen molar-refractivity contribution in [2.75, 3.05) is 19.4 Å². The monoisotopic (exact) mass is 571 g/mol. The summed E-state index contributed by atoms with van der Waals surface area (Å²) in [5.41, 5.74) is 6.92. The second kappa shape index (κ2) is 14.0. The first-order valence-corrected chi connectivity index (χ1v) is 15.3. The molecular formula is C28H35N4O7P. The highest BCUT2D eigenvalue weighted by molar-refractivity contribution is 7.61. The summed E-state index contributed by atoms with van der Waals surface area (Å²) in [6, 6.07) is 13.3. The lowest BCUT2D eigenvalue weighted by molar-refractivity contribution is -0.145. The summed E-state index contributed by atoms with van der Waals surface area (Å²) in [4.78, 5) is 62.9. The SMILES string of the molecule is [2H]N([C@@H](C)C(=O)N[C@@H](CCC(=O)OCc1ccccc1)C(N)=O)P(C)(=O)CCCCN1C(=O)c2ccccc2C1=O. The molecule has 3 rings (SSSR count). The Morgan fingerprint density at radius 2 is 1.62 bits per heavy atom. The molecule has 0 saturated heterocycles. The van der Waals surface area contributed by atoms with Crippen LogP contribution in [0.4, 0.5) is 0 Å². The summed E-state index contributed by atoms with van der Waals surface area (Å²) in [6.07, 6.45) is 0.533. The van der Waals surface area contributed by atoms with Gasteiger partial charge >= 0.3 is 5.97 Å². The van der Waals surface area contributed by atoms with Crippen LogP contribution in [0.15, 0.2) is 54.6 Å². The minimum Gasteiger partial charge on any atom is -0.461 e. The summed E-state index contributed by atoms with van der Waals surface area (Å²) in [6.45, 7) is 2.97. The molecule has 1 aliphatic heterocycles.